The molecular formula is C27H28N2O6. The molecule has 0 spiro atoms. The number of fused-ring (bicyclic) bond motifs is 2. The lowest BCUT2D eigenvalue weighted by molar-refractivity contribution is -0.140. The van der Waals surface area contributed by atoms with Crippen LogP contribution in [0.1, 0.15) is 17.7 Å². The summed E-state index contributed by atoms with van der Waals surface area (Å²) in [6.45, 7) is 3.13. The number of aromatic nitrogens is 1. The molecule has 0 saturated carbocycles. The van der Waals surface area contributed by atoms with E-state index in [0.717, 1.165) is 17.8 Å². The molecule has 2 aromatic carbocycles. The van der Waals surface area contributed by atoms with Crippen molar-refractivity contribution in [3.05, 3.63) is 70.1 Å². The molecule has 0 bridgehead atoms. The maximum Gasteiger partial charge on any atom is 0.305 e. The van der Waals surface area contributed by atoms with Gasteiger partial charge in [0.25, 0.3) is 0 Å². The van der Waals surface area contributed by atoms with E-state index in [9.17, 15) is 9.59 Å². The first-order valence-electron chi connectivity index (χ1n) is 11.3. The molecule has 0 fully saturated rings. The standard InChI is InChI=1S/C27H28N2O6/c1-17-13-22-26(31)21-9-8-19(34-20-7-5-18(28-16-20)6-10-25(30)32-4)15-23(21)35-27(22)24(14-17)33-12-11-29(2)3/h5,7-9,13-16H,6,10-12H2,1-4H3. The van der Waals surface area contributed by atoms with Gasteiger partial charge in [0.1, 0.15) is 23.7 Å². The number of carbonyl (C=O) groups is 1. The Balaban J connectivity index is 1.61. The molecule has 2 aromatic heterocycles. The van der Waals surface area contributed by atoms with E-state index in [1.807, 2.05) is 38.1 Å². The Morgan fingerprint density at radius 2 is 1.86 bits per heavy atom. The molecule has 0 amide bonds. The van der Waals surface area contributed by atoms with Crippen LogP contribution in [-0.4, -0.2) is 50.2 Å². The summed E-state index contributed by atoms with van der Waals surface area (Å²) in [5.74, 6) is 1.29. The molecule has 0 N–H and O–H groups in total. The van der Waals surface area contributed by atoms with Crippen molar-refractivity contribution < 1.29 is 23.4 Å². The minimum absolute atomic E-state index is 0.120. The van der Waals surface area contributed by atoms with Crippen LogP contribution in [0, 0.1) is 6.92 Å². The van der Waals surface area contributed by atoms with Crippen LogP contribution in [0.5, 0.6) is 17.2 Å². The van der Waals surface area contributed by atoms with Gasteiger partial charge in [-0.15, -0.1) is 0 Å². The van der Waals surface area contributed by atoms with Gasteiger partial charge in [0.2, 0.25) is 5.43 Å². The number of aryl methyl sites for hydroxylation is 2. The van der Waals surface area contributed by atoms with Crippen molar-refractivity contribution >= 4 is 27.9 Å². The number of benzene rings is 2. The van der Waals surface area contributed by atoms with Crippen molar-refractivity contribution in [2.75, 3.05) is 34.4 Å². The van der Waals surface area contributed by atoms with Gasteiger partial charge in [0, 0.05) is 24.7 Å². The van der Waals surface area contributed by atoms with E-state index in [1.165, 1.54) is 7.11 Å². The van der Waals surface area contributed by atoms with Gasteiger partial charge in [-0.25, -0.2) is 0 Å². The Kier molecular flexibility index (Phi) is 7.31. The van der Waals surface area contributed by atoms with Gasteiger partial charge in [-0.2, -0.15) is 0 Å². The average Bonchev–Trinajstić information content (AvgIpc) is 2.84. The molecule has 8 nitrogen and oxygen atoms in total. The van der Waals surface area contributed by atoms with E-state index in [0.29, 0.717) is 52.2 Å². The topological polar surface area (TPSA) is 91.1 Å². The van der Waals surface area contributed by atoms with Gasteiger partial charge in [-0.05, 0) is 63.0 Å². The SMILES string of the molecule is COC(=O)CCc1ccc(Oc2ccc3c(=O)c4cc(C)cc(OCCN(C)C)c4oc3c2)cn1. The van der Waals surface area contributed by atoms with Crippen molar-refractivity contribution in [3.8, 4) is 17.2 Å². The van der Waals surface area contributed by atoms with Crippen LogP contribution in [0.15, 0.2) is 57.9 Å². The van der Waals surface area contributed by atoms with E-state index in [-0.39, 0.29) is 17.8 Å². The molecule has 0 aliphatic heterocycles. The van der Waals surface area contributed by atoms with Crippen molar-refractivity contribution in [1.82, 2.24) is 9.88 Å². The van der Waals surface area contributed by atoms with Gasteiger partial charge in [-0.1, -0.05) is 0 Å². The quantitative estimate of drug-likeness (QED) is 0.258. The molecule has 0 unspecified atom stereocenters. The lowest BCUT2D eigenvalue weighted by Gasteiger charge is -2.13. The second kappa shape index (κ2) is 10.6. The minimum atomic E-state index is -0.279. The third kappa shape index (κ3) is 5.78. The first-order valence-corrected chi connectivity index (χ1v) is 11.3. The fraction of sp³-hybridized carbons (Fsp3) is 0.296. The van der Waals surface area contributed by atoms with Crippen molar-refractivity contribution in [2.24, 2.45) is 0 Å². The zero-order valence-electron chi connectivity index (χ0n) is 20.3. The van der Waals surface area contributed by atoms with Gasteiger partial charge < -0.3 is 23.5 Å². The number of hydrogen-bond donors (Lipinski definition) is 0. The van der Waals surface area contributed by atoms with Crippen LogP contribution in [-0.2, 0) is 16.0 Å². The molecule has 0 radical (unpaired) electrons. The van der Waals surface area contributed by atoms with E-state index in [2.05, 4.69) is 9.72 Å². The van der Waals surface area contributed by atoms with Crippen molar-refractivity contribution in [3.63, 3.8) is 0 Å². The molecule has 0 aliphatic rings. The summed E-state index contributed by atoms with van der Waals surface area (Å²) in [7, 11) is 5.30. The maximum atomic E-state index is 13.2. The predicted octanol–water partition coefficient (Wildman–Crippen LogP) is 4.49. The summed E-state index contributed by atoms with van der Waals surface area (Å²) in [5.41, 5.74) is 2.39. The Labute approximate surface area is 203 Å². The molecule has 0 saturated heterocycles. The van der Waals surface area contributed by atoms with E-state index in [1.54, 1.807) is 36.5 Å². The third-order valence-electron chi connectivity index (χ3n) is 5.50. The highest BCUT2D eigenvalue weighted by molar-refractivity contribution is 5.93. The zero-order valence-corrected chi connectivity index (χ0v) is 20.3. The van der Waals surface area contributed by atoms with Gasteiger partial charge in [0.15, 0.2) is 11.3 Å². The molecule has 0 aliphatic carbocycles. The normalized spacial score (nSPS) is 11.2. The summed E-state index contributed by atoms with van der Waals surface area (Å²) in [4.78, 5) is 30.9. The van der Waals surface area contributed by atoms with Crippen molar-refractivity contribution in [2.45, 2.75) is 19.8 Å². The molecule has 0 atom stereocenters. The molecule has 2 heterocycles. The Morgan fingerprint density at radius 1 is 1.06 bits per heavy atom. The van der Waals surface area contributed by atoms with Crippen LogP contribution >= 0.6 is 0 Å². The third-order valence-corrected chi connectivity index (χ3v) is 5.50. The molecule has 35 heavy (non-hydrogen) atoms. The number of hydrogen-bond acceptors (Lipinski definition) is 8. The number of carbonyl (C=O) groups excluding carboxylic acids is 1. The number of nitrogens with zero attached hydrogens (tertiary/aromatic N) is 2. The lowest BCUT2D eigenvalue weighted by atomic mass is 10.1. The fourth-order valence-electron chi connectivity index (χ4n) is 3.64. The van der Waals surface area contributed by atoms with Crippen LogP contribution in [0.3, 0.4) is 0 Å². The maximum absolute atomic E-state index is 13.2. The van der Waals surface area contributed by atoms with E-state index < -0.39 is 0 Å². The summed E-state index contributed by atoms with van der Waals surface area (Å²) < 4.78 is 22.7. The number of rotatable bonds is 9. The smallest absolute Gasteiger partial charge is 0.305 e. The summed E-state index contributed by atoms with van der Waals surface area (Å²) >= 11 is 0. The number of esters is 1. The number of pyridine rings is 1. The molecular weight excluding hydrogens is 448 g/mol. The lowest BCUT2D eigenvalue weighted by Crippen LogP contribution is -2.19. The Morgan fingerprint density at radius 3 is 2.57 bits per heavy atom. The molecule has 182 valence electrons. The minimum Gasteiger partial charge on any atom is -0.488 e. The van der Waals surface area contributed by atoms with E-state index in [4.69, 9.17) is 13.9 Å². The number of methoxy groups -OCH3 is 1. The summed E-state index contributed by atoms with van der Waals surface area (Å²) in [5, 5.41) is 0.948. The Bertz CT molecular complexity index is 1410. The highest BCUT2D eigenvalue weighted by atomic mass is 16.5. The Hall–Kier alpha value is -3.91. The van der Waals surface area contributed by atoms with Gasteiger partial charge >= 0.3 is 5.97 Å². The second-order valence-corrected chi connectivity index (χ2v) is 8.54. The highest BCUT2D eigenvalue weighted by Crippen LogP contribution is 2.31. The van der Waals surface area contributed by atoms with Gasteiger partial charge in [-0.3, -0.25) is 14.6 Å². The molecule has 4 rings (SSSR count). The highest BCUT2D eigenvalue weighted by Gasteiger charge is 2.14. The van der Waals surface area contributed by atoms with E-state index >= 15 is 0 Å². The van der Waals surface area contributed by atoms with Gasteiger partial charge in [0.05, 0.1) is 30.5 Å². The molecule has 4 aromatic rings. The monoisotopic (exact) mass is 476 g/mol. The van der Waals surface area contributed by atoms with Crippen LogP contribution in [0.25, 0.3) is 21.9 Å². The second-order valence-electron chi connectivity index (χ2n) is 8.54. The first kappa shape index (κ1) is 24.2. The molecule has 8 heteroatoms. The fourth-order valence-corrected chi connectivity index (χ4v) is 3.64. The van der Waals surface area contributed by atoms with Crippen LogP contribution in [0.4, 0.5) is 0 Å². The first-order chi connectivity index (χ1) is 16.8. The summed E-state index contributed by atoms with van der Waals surface area (Å²) in [6.07, 6.45) is 2.34. The summed E-state index contributed by atoms with van der Waals surface area (Å²) in [6, 6.07) is 12.4. The van der Waals surface area contributed by atoms with Crippen molar-refractivity contribution in [1.29, 1.82) is 0 Å². The zero-order chi connectivity index (χ0) is 24.9. The number of likely N-dealkylation sites (N-methyl/N-ethyl adjacent to an activating group) is 1. The predicted molar refractivity (Wildman–Crippen MR) is 133 cm³/mol. The average molecular weight is 477 g/mol. The number of ether oxygens (including phenoxy) is 3. The van der Waals surface area contributed by atoms with Crippen LogP contribution < -0.4 is 14.9 Å². The largest absolute Gasteiger partial charge is 0.488 e. The van der Waals surface area contributed by atoms with Crippen LogP contribution in [0.2, 0.25) is 0 Å².